The Kier molecular flexibility index (Phi) is 7.95. The Labute approximate surface area is 224 Å². The number of hydrogen-bond donors (Lipinski definition) is 1. The Morgan fingerprint density at radius 3 is 2.26 bits per heavy atom. The molecular formula is C31H29F3N2O3. The number of aryl methyl sites for hydroxylation is 3. The van der Waals surface area contributed by atoms with Crippen molar-refractivity contribution in [2.75, 3.05) is 12.8 Å². The van der Waals surface area contributed by atoms with Crippen LogP contribution in [0.5, 0.6) is 0 Å². The lowest BCUT2D eigenvalue weighted by atomic mass is 9.98. The van der Waals surface area contributed by atoms with Crippen LogP contribution in [0.1, 0.15) is 34.2 Å². The number of carbonyl (C=O) groups is 1. The number of anilines is 1. The number of esters is 1. The van der Waals surface area contributed by atoms with Gasteiger partial charge in [-0.25, -0.2) is 0 Å². The second-order valence-electron chi connectivity index (χ2n) is 9.53. The van der Waals surface area contributed by atoms with Crippen LogP contribution in [0.4, 0.5) is 18.9 Å². The van der Waals surface area contributed by atoms with E-state index in [9.17, 15) is 22.8 Å². The highest BCUT2D eigenvalue weighted by Gasteiger charge is 2.35. The number of hydrogen-bond acceptors (Lipinski definition) is 4. The molecule has 0 amide bonds. The van der Waals surface area contributed by atoms with Crippen molar-refractivity contribution in [1.82, 2.24) is 4.57 Å². The maximum atomic E-state index is 13.8. The first kappa shape index (κ1) is 27.7. The molecule has 1 heterocycles. The summed E-state index contributed by atoms with van der Waals surface area (Å²) in [6, 6.07) is 21.3. The quantitative estimate of drug-likeness (QED) is 0.273. The Morgan fingerprint density at radius 2 is 1.62 bits per heavy atom. The van der Waals surface area contributed by atoms with Crippen molar-refractivity contribution in [3.8, 4) is 22.4 Å². The van der Waals surface area contributed by atoms with Gasteiger partial charge < -0.3 is 15.0 Å². The summed E-state index contributed by atoms with van der Waals surface area (Å²) in [5.74, 6) is -0.293. The number of ether oxygens (including phenoxy) is 1. The molecule has 5 nitrogen and oxygen atoms in total. The summed E-state index contributed by atoms with van der Waals surface area (Å²) < 4.78 is 47.4. The van der Waals surface area contributed by atoms with Crippen LogP contribution in [-0.4, -0.2) is 17.6 Å². The lowest BCUT2D eigenvalue weighted by Crippen LogP contribution is -2.29. The monoisotopic (exact) mass is 534 g/mol. The summed E-state index contributed by atoms with van der Waals surface area (Å²) in [6.07, 6.45) is -3.99. The number of benzene rings is 3. The number of alkyl halides is 3. The Morgan fingerprint density at radius 1 is 0.923 bits per heavy atom. The average molecular weight is 535 g/mol. The normalized spacial score (nSPS) is 11.4. The Hall–Kier alpha value is -4.33. The van der Waals surface area contributed by atoms with E-state index in [4.69, 9.17) is 10.5 Å². The van der Waals surface area contributed by atoms with Crippen molar-refractivity contribution in [2.24, 2.45) is 0 Å². The lowest BCUT2D eigenvalue weighted by Gasteiger charge is -2.19. The summed E-state index contributed by atoms with van der Waals surface area (Å²) >= 11 is 0. The standard InChI is InChI=1S/C31H29F3N2O3/c1-19-7-9-25(20(2)15-19)18-36-27(17-26(31(32,33)34)29(35)30(36)38)23-12-10-22(11-13-23)24-6-4-5-21(16-24)8-14-28(37)39-3/h4-7,9-13,15-17H,8,14,18,35H2,1-3H3. The predicted molar refractivity (Wildman–Crippen MR) is 146 cm³/mol. The number of halogens is 3. The maximum Gasteiger partial charge on any atom is 0.418 e. The van der Waals surface area contributed by atoms with Gasteiger partial charge in [0.2, 0.25) is 0 Å². The van der Waals surface area contributed by atoms with E-state index >= 15 is 0 Å². The number of rotatable bonds is 7. The molecule has 0 unspecified atom stereocenters. The van der Waals surface area contributed by atoms with E-state index < -0.39 is 23.0 Å². The van der Waals surface area contributed by atoms with Crippen LogP contribution in [0.15, 0.2) is 77.6 Å². The molecule has 4 rings (SSSR count). The van der Waals surface area contributed by atoms with E-state index in [2.05, 4.69) is 0 Å². The van der Waals surface area contributed by atoms with Gasteiger partial charge in [-0.3, -0.25) is 9.59 Å². The molecule has 0 aliphatic carbocycles. The van der Waals surface area contributed by atoms with Crippen molar-refractivity contribution in [3.05, 3.63) is 111 Å². The minimum absolute atomic E-state index is 0.0760. The molecule has 1 aromatic heterocycles. The van der Waals surface area contributed by atoms with Gasteiger partial charge in [0.1, 0.15) is 5.69 Å². The molecule has 0 aliphatic heterocycles. The van der Waals surface area contributed by atoms with Crippen molar-refractivity contribution in [1.29, 1.82) is 0 Å². The molecule has 0 fully saturated rings. The number of nitrogens with two attached hydrogens (primary N) is 1. The van der Waals surface area contributed by atoms with Gasteiger partial charge in [0.25, 0.3) is 5.56 Å². The van der Waals surface area contributed by atoms with Gasteiger partial charge in [0, 0.05) is 6.42 Å². The number of carbonyl (C=O) groups excluding carboxylic acids is 1. The molecule has 3 aromatic carbocycles. The van der Waals surface area contributed by atoms with E-state index in [-0.39, 0.29) is 24.6 Å². The molecule has 2 N–H and O–H groups in total. The first-order valence-electron chi connectivity index (χ1n) is 12.4. The number of pyridine rings is 1. The number of nitrogen functional groups attached to an aromatic ring is 1. The van der Waals surface area contributed by atoms with Gasteiger partial charge >= 0.3 is 12.1 Å². The van der Waals surface area contributed by atoms with Crippen molar-refractivity contribution in [3.63, 3.8) is 0 Å². The van der Waals surface area contributed by atoms with Gasteiger partial charge in [-0.2, -0.15) is 13.2 Å². The minimum Gasteiger partial charge on any atom is -0.469 e. The fourth-order valence-corrected chi connectivity index (χ4v) is 4.57. The van der Waals surface area contributed by atoms with E-state index in [1.807, 2.05) is 56.3 Å². The minimum atomic E-state index is -4.78. The molecule has 0 saturated heterocycles. The largest absolute Gasteiger partial charge is 0.469 e. The highest BCUT2D eigenvalue weighted by Crippen LogP contribution is 2.35. The van der Waals surface area contributed by atoms with Gasteiger partial charge in [0.05, 0.1) is 24.9 Å². The topological polar surface area (TPSA) is 74.3 Å². The second kappa shape index (κ2) is 11.2. The van der Waals surface area contributed by atoms with Crippen molar-refractivity contribution >= 4 is 11.7 Å². The van der Waals surface area contributed by atoms with Gasteiger partial charge in [0.15, 0.2) is 0 Å². The summed E-state index contributed by atoms with van der Waals surface area (Å²) in [5.41, 5.74) is 8.90. The molecule has 0 aliphatic rings. The zero-order valence-electron chi connectivity index (χ0n) is 21.9. The molecule has 0 spiro atoms. The molecule has 0 radical (unpaired) electrons. The first-order valence-corrected chi connectivity index (χ1v) is 12.4. The van der Waals surface area contributed by atoms with Crippen LogP contribution >= 0.6 is 0 Å². The fourth-order valence-electron chi connectivity index (χ4n) is 4.57. The van der Waals surface area contributed by atoms with Crippen LogP contribution in [0.25, 0.3) is 22.4 Å². The molecule has 8 heteroatoms. The molecule has 0 atom stereocenters. The summed E-state index contributed by atoms with van der Waals surface area (Å²) in [6.45, 7) is 3.92. The van der Waals surface area contributed by atoms with Crippen molar-refractivity contribution in [2.45, 2.75) is 39.4 Å². The zero-order valence-corrected chi connectivity index (χ0v) is 21.9. The van der Waals surface area contributed by atoms with E-state index in [1.165, 1.54) is 11.7 Å². The van der Waals surface area contributed by atoms with Crippen LogP contribution in [0.3, 0.4) is 0 Å². The zero-order chi connectivity index (χ0) is 28.3. The highest BCUT2D eigenvalue weighted by atomic mass is 19.4. The van der Waals surface area contributed by atoms with Crippen LogP contribution < -0.4 is 11.3 Å². The third-order valence-electron chi connectivity index (χ3n) is 6.76. The second-order valence-corrected chi connectivity index (χ2v) is 9.53. The third kappa shape index (κ3) is 6.22. The smallest absolute Gasteiger partial charge is 0.418 e. The van der Waals surface area contributed by atoms with Gasteiger partial charge in [-0.05, 0) is 59.7 Å². The molecular weight excluding hydrogens is 505 g/mol. The molecule has 39 heavy (non-hydrogen) atoms. The van der Waals surface area contributed by atoms with E-state index in [1.54, 1.807) is 24.3 Å². The molecule has 202 valence electrons. The number of aromatic nitrogens is 1. The maximum absolute atomic E-state index is 13.8. The number of methoxy groups -OCH3 is 1. The van der Waals surface area contributed by atoms with Gasteiger partial charge in [-0.1, -0.05) is 72.3 Å². The highest BCUT2D eigenvalue weighted by molar-refractivity contribution is 5.72. The summed E-state index contributed by atoms with van der Waals surface area (Å²) in [5, 5.41) is 0. The molecule has 4 aromatic rings. The fraction of sp³-hybridized carbons (Fsp3) is 0.226. The van der Waals surface area contributed by atoms with E-state index in [0.717, 1.165) is 39.4 Å². The predicted octanol–water partition coefficient (Wildman–Crippen LogP) is 6.55. The summed E-state index contributed by atoms with van der Waals surface area (Å²) in [4.78, 5) is 24.7. The van der Waals surface area contributed by atoms with Crippen LogP contribution in [0, 0.1) is 13.8 Å². The van der Waals surface area contributed by atoms with Crippen molar-refractivity contribution < 1.29 is 22.7 Å². The summed E-state index contributed by atoms with van der Waals surface area (Å²) in [7, 11) is 1.35. The molecule has 0 saturated carbocycles. The molecule has 0 bridgehead atoms. The van der Waals surface area contributed by atoms with Crippen LogP contribution in [0.2, 0.25) is 0 Å². The average Bonchev–Trinajstić information content (AvgIpc) is 2.91. The van der Waals surface area contributed by atoms with Crippen LogP contribution in [-0.2, 0) is 28.7 Å². The first-order chi connectivity index (χ1) is 18.5. The van der Waals surface area contributed by atoms with E-state index in [0.29, 0.717) is 12.0 Å². The van der Waals surface area contributed by atoms with Gasteiger partial charge in [-0.15, -0.1) is 0 Å². The third-order valence-corrected chi connectivity index (χ3v) is 6.76. The number of nitrogens with zero attached hydrogens (tertiary/aromatic N) is 1. The lowest BCUT2D eigenvalue weighted by molar-refractivity contribution is -0.140. The Bertz CT molecular complexity index is 1570. The SMILES string of the molecule is COC(=O)CCc1cccc(-c2ccc(-c3cc(C(F)(F)F)c(N)c(=O)n3Cc3ccc(C)cc3C)cc2)c1. The Balaban J connectivity index is 1.76.